The van der Waals surface area contributed by atoms with Crippen molar-refractivity contribution in [2.45, 2.75) is 31.9 Å². The summed E-state index contributed by atoms with van der Waals surface area (Å²) in [6, 6.07) is 8.13. The molecule has 0 saturated carbocycles. The molecule has 6 nitrogen and oxygen atoms in total. The van der Waals surface area contributed by atoms with E-state index in [0.29, 0.717) is 0 Å². The van der Waals surface area contributed by atoms with Gasteiger partial charge in [-0.3, -0.25) is 9.59 Å². The van der Waals surface area contributed by atoms with Gasteiger partial charge < -0.3 is 19.6 Å². The third-order valence-electron chi connectivity index (χ3n) is 4.96. The SMILES string of the molecule is CC(=O)O.COc1ccc([C@H]2SC3=CCCC=C3N(CCN(C)C)C(=O)C2C)cc1. The Kier molecular flexibility index (Phi) is 8.99. The van der Waals surface area contributed by atoms with E-state index >= 15 is 0 Å². The molecule has 1 aromatic carbocycles. The minimum atomic E-state index is -0.833. The van der Waals surface area contributed by atoms with Crippen molar-refractivity contribution in [3.8, 4) is 5.75 Å². The first-order chi connectivity index (χ1) is 14.2. The van der Waals surface area contributed by atoms with E-state index in [0.717, 1.165) is 44.3 Å². The van der Waals surface area contributed by atoms with Crippen LogP contribution in [0.15, 0.2) is 47.0 Å². The molecular formula is C23H32N2O4S. The molecule has 1 saturated heterocycles. The highest BCUT2D eigenvalue weighted by atomic mass is 32.2. The number of aliphatic carboxylic acids is 1. The summed E-state index contributed by atoms with van der Waals surface area (Å²) < 4.78 is 5.28. The molecule has 0 bridgehead atoms. The van der Waals surface area contributed by atoms with Gasteiger partial charge in [0.15, 0.2) is 0 Å². The fourth-order valence-electron chi connectivity index (χ4n) is 3.41. The number of likely N-dealkylation sites (N-methyl/N-ethyl adjacent to an activating group) is 1. The second-order valence-corrected chi connectivity index (χ2v) is 8.83. The van der Waals surface area contributed by atoms with E-state index < -0.39 is 5.97 Å². The van der Waals surface area contributed by atoms with E-state index in [1.807, 2.05) is 42.9 Å². The van der Waals surface area contributed by atoms with Gasteiger partial charge in [-0.15, -0.1) is 11.8 Å². The topological polar surface area (TPSA) is 70.1 Å². The molecule has 1 unspecified atom stereocenters. The predicted octanol–water partition coefficient (Wildman–Crippen LogP) is 4.16. The molecular weight excluding hydrogens is 400 g/mol. The second kappa shape index (κ2) is 11.2. The number of fused-ring (bicyclic) bond motifs is 1. The van der Waals surface area contributed by atoms with Crippen LogP contribution in [-0.4, -0.2) is 61.1 Å². The van der Waals surface area contributed by atoms with Gasteiger partial charge in [-0.05, 0) is 44.6 Å². The summed E-state index contributed by atoms with van der Waals surface area (Å²) in [6.45, 7) is 4.74. The van der Waals surface area contributed by atoms with Crippen LogP contribution >= 0.6 is 11.8 Å². The monoisotopic (exact) mass is 432 g/mol. The Morgan fingerprint density at radius 1 is 1.23 bits per heavy atom. The third kappa shape index (κ3) is 6.37. The Labute approximate surface area is 183 Å². The molecule has 2 aliphatic rings. The number of carbonyl (C=O) groups is 2. The number of benzene rings is 1. The molecule has 1 heterocycles. The molecule has 1 fully saturated rings. The normalized spacial score (nSPS) is 21.0. The lowest BCUT2D eigenvalue weighted by Gasteiger charge is -2.28. The number of carboxylic acids is 1. The van der Waals surface area contributed by atoms with E-state index in [-0.39, 0.29) is 17.1 Å². The van der Waals surface area contributed by atoms with Crippen LogP contribution in [-0.2, 0) is 9.59 Å². The maximum atomic E-state index is 13.3. The Balaban J connectivity index is 0.000000735. The number of carboxylic acid groups (broad SMARTS) is 1. The smallest absolute Gasteiger partial charge is 0.300 e. The minimum absolute atomic E-state index is 0.0806. The van der Waals surface area contributed by atoms with Crippen LogP contribution in [0.1, 0.15) is 37.5 Å². The molecule has 1 aliphatic heterocycles. The number of rotatable bonds is 5. The van der Waals surface area contributed by atoms with Crippen molar-refractivity contribution in [1.82, 2.24) is 9.80 Å². The van der Waals surface area contributed by atoms with Gasteiger partial charge in [0, 0.05) is 30.2 Å². The van der Waals surface area contributed by atoms with Crippen LogP contribution in [0.25, 0.3) is 0 Å². The lowest BCUT2D eigenvalue weighted by atomic mass is 9.98. The van der Waals surface area contributed by atoms with Crippen molar-refractivity contribution in [3.05, 3.63) is 52.6 Å². The zero-order valence-electron chi connectivity index (χ0n) is 18.4. The van der Waals surface area contributed by atoms with Crippen molar-refractivity contribution in [2.75, 3.05) is 34.3 Å². The van der Waals surface area contributed by atoms with E-state index in [9.17, 15) is 4.79 Å². The molecule has 0 radical (unpaired) electrons. The molecule has 7 heteroatoms. The van der Waals surface area contributed by atoms with Gasteiger partial charge in [0.05, 0.1) is 18.7 Å². The number of hydrogen-bond acceptors (Lipinski definition) is 5. The van der Waals surface area contributed by atoms with Gasteiger partial charge in [0.25, 0.3) is 5.97 Å². The number of thioether (sulfide) groups is 1. The molecule has 30 heavy (non-hydrogen) atoms. The quantitative estimate of drug-likeness (QED) is 0.753. The molecule has 0 aromatic heterocycles. The Bertz CT molecular complexity index is 798. The van der Waals surface area contributed by atoms with Crippen LogP contribution in [0.4, 0.5) is 0 Å². The summed E-state index contributed by atoms with van der Waals surface area (Å²) >= 11 is 1.83. The van der Waals surface area contributed by atoms with E-state index in [2.05, 4.69) is 36.1 Å². The van der Waals surface area contributed by atoms with Gasteiger partial charge in [0.2, 0.25) is 5.91 Å². The van der Waals surface area contributed by atoms with Crippen LogP contribution in [0, 0.1) is 5.92 Å². The number of allylic oxidation sites excluding steroid dienone is 2. The molecule has 1 aromatic rings. The molecule has 0 spiro atoms. The number of hydrogen-bond donors (Lipinski definition) is 1. The largest absolute Gasteiger partial charge is 0.497 e. The Hall–Kier alpha value is -2.25. The van der Waals surface area contributed by atoms with Gasteiger partial charge in [-0.2, -0.15) is 0 Å². The Morgan fingerprint density at radius 2 is 1.83 bits per heavy atom. The summed E-state index contributed by atoms with van der Waals surface area (Å²) in [7, 11) is 5.77. The first kappa shape index (κ1) is 24.0. The maximum Gasteiger partial charge on any atom is 0.300 e. The zero-order valence-corrected chi connectivity index (χ0v) is 19.2. The lowest BCUT2D eigenvalue weighted by molar-refractivity contribution is -0.134. The van der Waals surface area contributed by atoms with Crippen LogP contribution < -0.4 is 4.74 Å². The average Bonchev–Trinajstić information content (AvgIpc) is 2.81. The maximum absolute atomic E-state index is 13.3. The summed E-state index contributed by atoms with van der Waals surface area (Å²) in [5.74, 6) is 0.149. The van der Waals surface area contributed by atoms with E-state index in [1.54, 1.807) is 7.11 Å². The second-order valence-electron chi connectivity index (χ2n) is 7.65. The van der Waals surface area contributed by atoms with Crippen molar-refractivity contribution >= 4 is 23.6 Å². The average molecular weight is 433 g/mol. The predicted molar refractivity (Wildman–Crippen MR) is 121 cm³/mol. The Morgan fingerprint density at radius 3 is 2.40 bits per heavy atom. The number of carbonyl (C=O) groups excluding carboxylic acids is 1. The van der Waals surface area contributed by atoms with Gasteiger partial charge in [-0.1, -0.05) is 31.2 Å². The van der Waals surface area contributed by atoms with Crippen LogP contribution in [0.2, 0.25) is 0 Å². The highest BCUT2D eigenvalue weighted by molar-refractivity contribution is 8.03. The van der Waals surface area contributed by atoms with Crippen molar-refractivity contribution < 1.29 is 19.4 Å². The molecule has 1 aliphatic carbocycles. The standard InChI is InChI=1S/C21H28N2O2S.C2H4O2/c1-15-20(16-9-11-17(25-4)12-10-16)26-19-8-6-5-7-18(19)23(21(15)24)14-13-22(2)3;1-2(3)4/h7-12,15,20H,5-6,13-14H2,1-4H3;1H3,(H,3,4)/t15?,20-;/m0./s1. The summed E-state index contributed by atoms with van der Waals surface area (Å²) in [4.78, 5) is 27.7. The number of amides is 1. The van der Waals surface area contributed by atoms with E-state index in [4.69, 9.17) is 14.6 Å². The van der Waals surface area contributed by atoms with Crippen LogP contribution in [0.5, 0.6) is 5.75 Å². The third-order valence-corrected chi connectivity index (χ3v) is 6.52. The fraction of sp³-hybridized carbons (Fsp3) is 0.478. The first-order valence-electron chi connectivity index (χ1n) is 10.1. The first-order valence-corrected chi connectivity index (χ1v) is 11.0. The number of nitrogens with zero attached hydrogens (tertiary/aromatic N) is 2. The summed E-state index contributed by atoms with van der Waals surface area (Å²) in [6.07, 6.45) is 6.58. The molecule has 164 valence electrons. The molecule has 1 amide bonds. The summed E-state index contributed by atoms with van der Waals surface area (Å²) in [5.41, 5.74) is 2.29. The van der Waals surface area contributed by atoms with Crippen molar-refractivity contribution in [2.24, 2.45) is 5.92 Å². The van der Waals surface area contributed by atoms with Crippen LogP contribution in [0.3, 0.4) is 0 Å². The fourth-order valence-corrected chi connectivity index (χ4v) is 4.82. The highest BCUT2D eigenvalue weighted by Crippen LogP contribution is 2.48. The van der Waals surface area contributed by atoms with Gasteiger partial charge >= 0.3 is 0 Å². The van der Waals surface area contributed by atoms with Gasteiger partial charge in [-0.25, -0.2) is 0 Å². The number of methoxy groups -OCH3 is 1. The highest BCUT2D eigenvalue weighted by Gasteiger charge is 2.37. The van der Waals surface area contributed by atoms with Crippen molar-refractivity contribution in [3.63, 3.8) is 0 Å². The summed E-state index contributed by atoms with van der Waals surface area (Å²) in [5, 5.41) is 7.53. The van der Waals surface area contributed by atoms with Crippen molar-refractivity contribution in [1.29, 1.82) is 0 Å². The van der Waals surface area contributed by atoms with E-state index in [1.165, 1.54) is 10.5 Å². The number of ether oxygens (including phenoxy) is 1. The molecule has 3 rings (SSSR count). The molecule has 1 N–H and O–H groups in total. The zero-order chi connectivity index (χ0) is 22.3. The molecule has 2 atom stereocenters. The minimum Gasteiger partial charge on any atom is -0.497 e. The van der Waals surface area contributed by atoms with Gasteiger partial charge in [0.1, 0.15) is 5.75 Å². The lowest BCUT2D eigenvalue weighted by Crippen LogP contribution is -2.39.